The van der Waals surface area contributed by atoms with Crippen molar-refractivity contribution in [1.29, 1.82) is 0 Å². The lowest BCUT2D eigenvalue weighted by Gasteiger charge is -2.12. The van der Waals surface area contributed by atoms with Gasteiger partial charge in [0.25, 0.3) is 6.29 Å². The first-order valence-electron chi connectivity index (χ1n) is 11.1. The molecule has 0 radical (unpaired) electrons. The van der Waals surface area contributed by atoms with E-state index in [2.05, 4.69) is 79.8 Å². The van der Waals surface area contributed by atoms with Crippen molar-refractivity contribution in [1.82, 2.24) is 0 Å². The monoisotopic (exact) mass is 416 g/mol. The summed E-state index contributed by atoms with van der Waals surface area (Å²) in [7, 11) is 0. The molecule has 0 saturated carbocycles. The lowest BCUT2D eigenvalue weighted by atomic mass is 10.2. The summed E-state index contributed by atoms with van der Waals surface area (Å²) in [5.74, 6) is -1.08. The van der Waals surface area contributed by atoms with Crippen molar-refractivity contribution in [2.45, 2.75) is 71.5 Å². The molecule has 0 bridgehead atoms. The maximum Gasteiger partial charge on any atom is 0.361 e. The number of carbonyl (C=O) groups is 1. The number of carboxylic acid groups (broad SMARTS) is 1. The Labute approximate surface area is 183 Å². The summed E-state index contributed by atoms with van der Waals surface area (Å²) in [5.41, 5.74) is 0. The molecule has 0 amide bonds. The van der Waals surface area contributed by atoms with Crippen LogP contribution in [-0.4, -0.2) is 30.6 Å². The predicted molar refractivity (Wildman–Crippen MR) is 126 cm³/mol. The van der Waals surface area contributed by atoms with Gasteiger partial charge in [0.05, 0.1) is 6.61 Å². The standard InChI is InChI=1S/C26H40O4/c1-3-5-6-7-8-9-10-11-12-13-14-15-16-17-18-19-20-21-22-23-24-30-26(25(27)28)29-4-2/h5-6,8-9,11-12,14-15,17-18,20-21,26H,3-4,7,10,13,16,19,22-24H2,1-2H3,(H,27,28). The van der Waals surface area contributed by atoms with Gasteiger partial charge in [0.1, 0.15) is 0 Å². The summed E-state index contributed by atoms with van der Waals surface area (Å²) < 4.78 is 10.2. The molecule has 168 valence electrons. The second-order valence-corrected chi connectivity index (χ2v) is 6.55. The zero-order chi connectivity index (χ0) is 22.1. The number of rotatable bonds is 19. The highest BCUT2D eigenvalue weighted by molar-refractivity contribution is 5.70. The third-order valence-corrected chi connectivity index (χ3v) is 3.90. The third-order valence-electron chi connectivity index (χ3n) is 3.90. The first-order chi connectivity index (χ1) is 14.7. The molecule has 4 nitrogen and oxygen atoms in total. The molecule has 1 atom stereocenters. The molecule has 0 aromatic carbocycles. The van der Waals surface area contributed by atoms with E-state index in [1.165, 1.54) is 0 Å². The molecule has 0 fully saturated rings. The SMILES string of the molecule is CCC=CCC=CCC=CCC=CCC=CCC=CCCCOC(OCC)C(=O)O. The van der Waals surface area contributed by atoms with E-state index >= 15 is 0 Å². The Hall–Kier alpha value is -2.17. The molecular weight excluding hydrogens is 376 g/mol. The van der Waals surface area contributed by atoms with Crippen molar-refractivity contribution in [3.63, 3.8) is 0 Å². The maximum absolute atomic E-state index is 10.8. The highest BCUT2D eigenvalue weighted by Gasteiger charge is 2.16. The predicted octanol–water partition coefficient (Wildman–Crippen LogP) is 6.93. The molecule has 0 saturated heterocycles. The lowest BCUT2D eigenvalue weighted by molar-refractivity contribution is -0.188. The molecule has 0 aliphatic carbocycles. The Kier molecular flexibility index (Phi) is 21.4. The zero-order valence-electron chi connectivity index (χ0n) is 18.7. The Balaban J connectivity index is 3.60. The number of aliphatic carboxylic acids is 1. The van der Waals surface area contributed by atoms with Gasteiger partial charge in [-0.3, -0.25) is 0 Å². The smallest absolute Gasteiger partial charge is 0.361 e. The summed E-state index contributed by atoms with van der Waals surface area (Å²) >= 11 is 0. The van der Waals surface area contributed by atoms with E-state index in [0.29, 0.717) is 13.2 Å². The molecule has 0 rings (SSSR count). The summed E-state index contributed by atoms with van der Waals surface area (Å²) in [6.45, 7) is 4.60. The van der Waals surface area contributed by atoms with Crippen molar-refractivity contribution in [2.24, 2.45) is 0 Å². The fraction of sp³-hybridized carbons (Fsp3) is 0.500. The van der Waals surface area contributed by atoms with Crippen molar-refractivity contribution in [3.05, 3.63) is 72.9 Å². The second kappa shape index (κ2) is 23.1. The molecule has 0 aromatic heterocycles. The van der Waals surface area contributed by atoms with E-state index in [-0.39, 0.29) is 0 Å². The van der Waals surface area contributed by atoms with Gasteiger partial charge in [0.15, 0.2) is 0 Å². The fourth-order valence-electron chi connectivity index (χ4n) is 2.37. The van der Waals surface area contributed by atoms with E-state index < -0.39 is 12.3 Å². The molecule has 0 aliphatic rings. The number of unbranched alkanes of at least 4 members (excludes halogenated alkanes) is 1. The third kappa shape index (κ3) is 20.6. The van der Waals surface area contributed by atoms with Crippen molar-refractivity contribution in [2.75, 3.05) is 13.2 Å². The second-order valence-electron chi connectivity index (χ2n) is 6.55. The summed E-state index contributed by atoms with van der Waals surface area (Å²) in [6, 6.07) is 0. The topological polar surface area (TPSA) is 55.8 Å². The van der Waals surface area contributed by atoms with Crippen LogP contribution in [0, 0.1) is 0 Å². The average Bonchev–Trinajstić information content (AvgIpc) is 2.73. The van der Waals surface area contributed by atoms with Gasteiger partial charge >= 0.3 is 5.97 Å². The minimum Gasteiger partial charge on any atom is -0.477 e. The van der Waals surface area contributed by atoms with Gasteiger partial charge in [-0.05, 0) is 58.3 Å². The number of allylic oxidation sites excluding steroid dienone is 12. The van der Waals surface area contributed by atoms with E-state index in [9.17, 15) is 4.79 Å². The molecule has 4 heteroatoms. The maximum atomic E-state index is 10.8. The van der Waals surface area contributed by atoms with E-state index in [1.807, 2.05) is 0 Å². The lowest BCUT2D eigenvalue weighted by Crippen LogP contribution is -2.27. The van der Waals surface area contributed by atoms with Crippen LogP contribution in [0.5, 0.6) is 0 Å². The largest absolute Gasteiger partial charge is 0.477 e. The van der Waals surface area contributed by atoms with E-state index in [1.54, 1.807) is 6.92 Å². The van der Waals surface area contributed by atoms with Crippen LogP contribution in [-0.2, 0) is 14.3 Å². The van der Waals surface area contributed by atoms with Gasteiger partial charge in [-0.1, -0.05) is 79.8 Å². The summed E-state index contributed by atoms with van der Waals surface area (Å²) in [5, 5.41) is 8.89. The Morgan fingerprint density at radius 3 is 1.53 bits per heavy atom. The van der Waals surface area contributed by atoms with Crippen LogP contribution in [0.1, 0.15) is 65.2 Å². The number of carboxylic acids is 1. The van der Waals surface area contributed by atoms with Crippen molar-refractivity contribution >= 4 is 5.97 Å². The molecule has 1 unspecified atom stereocenters. The number of hydrogen-bond acceptors (Lipinski definition) is 3. The number of ether oxygens (including phenoxy) is 2. The van der Waals surface area contributed by atoms with Crippen LogP contribution < -0.4 is 0 Å². The van der Waals surface area contributed by atoms with Crippen LogP contribution in [0.3, 0.4) is 0 Å². The summed E-state index contributed by atoms with van der Waals surface area (Å²) in [4.78, 5) is 10.8. The van der Waals surface area contributed by atoms with Gasteiger partial charge in [0.2, 0.25) is 0 Å². The van der Waals surface area contributed by atoms with E-state index in [0.717, 1.165) is 51.4 Å². The van der Waals surface area contributed by atoms with Crippen molar-refractivity contribution in [3.8, 4) is 0 Å². The van der Waals surface area contributed by atoms with E-state index in [4.69, 9.17) is 14.6 Å². The minimum absolute atomic E-state index is 0.324. The summed E-state index contributed by atoms with van der Waals surface area (Å²) in [6.07, 6.45) is 32.6. The highest BCUT2D eigenvalue weighted by Crippen LogP contribution is 2.01. The molecule has 0 aliphatic heterocycles. The molecule has 30 heavy (non-hydrogen) atoms. The Bertz CT molecular complexity index is 568. The van der Waals surface area contributed by atoms with Gasteiger partial charge in [-0.2, -0.15) is 0 Å². The van der Waals surface area contributed by atoms with Crippen LogP contribution in [0.2, 0.25) is 0 Å². The highest BCUT2D eigenvalue weighted by atomic mass is 16.7. The van der Waals surface area contributed by atoms with Crippen LogP contribution in [0.4, 0.5) is 0 Å². The van der Waals surface area contributed by atoms with Gasteiger partial charge < -0.3 is 14.6 Å². The molecular formula is C26H40O4. The quantitative estimate of drug-likeness (QED) is 0.141. The van der Waals surface area contributed by atoms with Crippen molar-refractivity contribution < 1.29 is 19.4 Å². The first kappa shape index (κ1) is 27.8. The van der Waals surface area contributed by atoms with Crippen LogP contribution in [0.25, 0.3) is 0 Å². The zero-order valence-corrected chi connectivity index (χ0v) is 18.7. The molecule has 0 spiro atoms. The number of hydrogen-bond donors (Lipinski definition) is 1. The Morgan fingerprint density at radius 1 is 0.700 bits per heavy atom. The fourth-order valence-corrected chi connectivity index (χ4v) is 2.37. The first-order valence-corrected chi connectivity index (χ1v) is 11.1. The van der Waals surface area contributed by atoms with Gasteiger partial charge in [-0.25, -0.2) is 4.79 Å². The molecule has 0 aromatic rings. The normalized spacial score (nSPS) is 13.9. The van der Waals surface area contributed by atoms with Gasteiger partial charge in [0, 0.05) is 6.61 Å². The van der Waals surface area contributed by atoms with Gasteiger partial charge in [-0.15, -0.1) is 0 Å². The van der Waals surface area contributed by atoms with Crippen LogP contribution in [0.15, 0.2) is 72.9 Å². The minimum atomic E-state index is -1.15. The molecule has 0 heterocycles. The van der Waals surface area contributed by atoms with Crippen LogP contribution >= 0.6 is 0 Å². The molecule has 1 N–H and O–H groups in total. The average molecular weight is 417 g/mol. The Morgan fingerprint density at radius 2 is 1.13 bits per heavy atom.